The highest BCUT2D eigenvalue weighted by molar-refractivity contribution is 6.10. The van der Waals surface area contributed by atoms with Crippen LogP contribution in [-0.4, -0.2) is 36.8 Å². The molecule has 2 saturated carbocycles. The van der Waals surface area contributed by atoms with Crippen molar-refractivity contribution in [3.8, 4) is 0 Å². The van der Waals surface area contributed by atoms with Gasteiger partial charge in [0.2, 0.25) is 5.88 Å². The monoisotopic (exact) mass is 405 g/mol. The minimum Gasteiger partial charge on any atom is -0.462 e. The highest BCUT2D eigenvalue weighted by Gasteiger charge is 2.40. The molecule has 2 fully saturated rings. The molecule has 1 aromatic rings. The van der Waals surface area contributed by atoms with E-state index in [9.17, 15) is 19.2 Å². The van der Waals surface area contributed by atoms with Crippen LogP contribution in [0.2, 0.25) is 0 Å². The second-order valence-electron chi connectivity index (χ2n) is 7.86. The molecular weight excluding hydrogens is 378 g/mol. The Bertz CT molecular complexity index is 825. The standard InChI is InChI=1S/C21H27NO7/c1-4-27-21(26)19-18(11(2)23)12(3)29-20(19)22-16(24)10-28-17(25)9-15-8-13-5-6-14(15)7-13/h13-15H,4-10H2,1-3H3,(H,22,24)/t13-,14-,15+/m1/s1. The highest BCUT2D eigenvalue weighted by Crippen LogP contribution is 2.49. The van der Waals surface area contributed by atoms with Gasteiger partial charge in [-0.2, -0.15) is 0 Å². The largest absolute Gasteiger partial charge is 0.462 e. The molecule has 0 unspecified atom stereocenters. The van der Waals surface area contributed by atoms with E-state index in [-0.39, 0.29) is 35.2 Å². The summed E-state index contributed by atoms with van der Waals surface area (Å²) in [6.07, 6.45) is 5.03. The third-order valence-electron chi connectivity index (χ3n) is 5.85. The van der Waals surface area contributed by atoms with Crippen LogP contribution in [0.3, 0.4) is 0 Å². The molecule has 8 nitrogen and oxygen atoms in total. The van der Waals surface area contributed by atoms with Crippen molar-refractivity contribution < 1.29 is 33.1 Å². The fourth-order valence-electron chi connectivity index (χ4n) is 4.66. The molecule has 3 rings (SSSR count). The summed E-state index contributed by atoms with van der Waals surface area (Å²) in [7, 11) is 0. The molecule has 1 aromatic heterocycles. The molecular formula is C21H27NO7. The number of rotatable bonds is 8. The van der Waals surface area contributed by atoms with Crippen LogP contribution in [0.1, 0.15) is 72.4 Å². The van der Waals surface area contributed by atoms with E-state index in [4.69, 9.17) is 13.9 Å². The number of nitrogens with one attached hydrogen (secondary N) is 1. The van der Waals surface area contributed by atoms with E-state index in [1.807, 2.05) is 0 Å². The number of carbonyl (C=O) groups excluding carboxylic acids is 4. The topological polar surface area (TPSA) is 112 Å². The van der Waals surface area contributed by atoms with Crippen molar-refractivity contribution in [2.75, 3.05) is 18.5 Å². The summed E-state index contributed by atoms with van der Waals surface area (Å²) >= 11 is 0. The summed E-state index contributed by atoms with van der Waals surface area (Å²) in [6, 6.07) is 0. The summed E-state index contributed by atoms with van der Waals surface area (Å²) in [4.78, 5) is 48.4. The third kappa shape index (κ3) is 4.68. The highest BCUT2D eigenvalue weighted by atomic mass is 16.5. The minimum atomic E-state index is -0.766. The zero-order chi connectivity index (χ0) is 21.1. The number of amides is 1. The van der Waals surface area contributed by atoms with E-state index >= 15 is 0 Å². The molecule has 1 amide bonds. The lowest BCUT2D eigenvalue weighted by molar-refractivity contribution is -0.148. The first-order chi connectivity index (χ1) is 13.8. The molecule has 1 N–H and O–H groups in total. The summed E-state index contributed by atoms with van der Waals surface area (Å²) < 4.78 is 15.5. The van der Waals surface area contributed by atoms with E-state index < -0.39 is 24.5 Å². The number of hydrogen-bond donors (Lipinski definition) is 1. The SMILES string of the molecule is CCOC(=O)c1c(NC(=O)COC(=O)C[C@@H]2C[C@@H]3CC[C@@H]2C3)oc(C)c1C(C)=O. The predicted molar refractivity (Wildman–Crippen MR) is 103 cm³/mol. The van der Waals surface area contributed by atoms with Crippen LogP contribution in [-0.2, 0) is 19.1 Å². The van der Waals surface area contributed by atoms with E-state index in [0.717, 1.165) is 12.3 Å². The van der Waals surface area contributed by atoms with Crippen LogP contribution in [0, 0.1) is 24.7 Å². The molecule has 8 heteroatoms. The van der Waals surface area contributed by atoms with Crippen LogP contribution in [0.25, 0.3) is 0 Å². The van der Waals surface area contributed by atoms with Crippen molar-refractivity contribution in [2.45, 2.75) is 52.9 Å². The van der Waals surface area contributed by atoms with Gasteiger partial charge in [0.1, 0.15) is 11.3 Å². The predicted octanol–water partition coefficient (Wildman–Crippen LogP) is 3.28. The summed E-state index contributed by atoms with van der Waals surface area (Å²) in [6.45, 7) is 4.06. The molecule has 0 spiro atoms. The summed E-state index contributed by atoms with van der Waals surface area (Å²) in [5, 5.41) is 2.41. The van der Waals surface area contributed by atoms with Crippen molar-refractivity contribution >= 4 is 29.5 Å². The maximum Gasteiger partial charge on any atom is 0.344 e. The number of esters is 2. The number of carbonyl (C=O) groups is 4. The smallest absolute Gasteiger partial charge is 0.344 e. The van der Waals surface area contributed by atoms with Crippen molar-refractivity contribution in [2.24, 2.45) is 17.8 Å². The Morgan fingerprint density at radius 2 is 1.86 bits per heavy atom. The van der Waals surface area contributed by atoms with E-state index in [2.05, 4.69) is 5.32 Å². The fraction of sp³-hybridized carbons (Fsp3) is 0.619. The van der Waals surface area contributed by atoms with Gasteiger partial charge in [0.05, 0.1) is 12.2 Å². The van der Waals surface area contributed by atoms with E-state index in [1.54, 1.807) is 6.92 Å². The Labute approximate surface area is 169 Å². The van der Waals surface area contributed by atoms with Crippen LogP contribution >= 0.6 is 0 Å². The number of ether oxygens (including phenoxy) is 2. The maximum absolute atomic E-state index is 12.2. The van der Waals surface area contributed by atoms with Gasteiger partial charge in [0.25, 0.3) is 5.91 Å². The first kappa shape index (κ1) is 21.1. The number of aryl methyl sites for hydroxylation is 1. The molecule has 158 valence electrons. The zero-order valence-corrected chi connectivity index (χ0v) is 17.0. The van der Waals surface area contributed by atoms with Crippen LogP contribution in [0.5, 0.6) is 0 Å². The Balaban J connectivity index is 1.58. The summed E-state index contributed by atoms with van der Waals surface area (Å²) in [5.41, 5.74) is -0.0643. The van der Waals surface area contributed by atoms with Crippen molar-refractivity contribution in [1.29, 1.82) is 0 Å². The maximum atomic E-state index is 12.2. The normalized spacial score (nSPS) is 22.4. The first-order valence-corrected chi connectivity index (χ1v) is 10.1. The number of fused-ring (bicyclic) bond motifs is 2. The Kier molecular flexibility index (Phi) is 6.39. The fourth-order valence-corrected chi connectivity index (χ4v) is 4.66. The molecule has 29 heavy (non-hydrogen) atoms. The minimum absolute atomic E-state index is 0.0621. The Morgan fingerprint density at radius 1 is 1.10 bits per heavy atom. The van der Waals surface area contributed by atoms with Crippen molar-refractivity contribution in [1.82, 2.24) is 0 Å². The van der Waals surface area contributed by atoms with Crippen molar-refractivity contribution in [3.05, 3.63) is 16.9 Å². The molecule has 2 aliphatic carbocycles. The second kappa shape index (κ2) is 8.80. The van der Waals surface area contributed by atoms with Gasteiger partial charge in [0.15, 0.2) is 12.4 Å². The lowest BCUT2D eigenvalue weighted by Gasteiger charge is -2.20. The molecule has 0 radical (unpaired) electrons. The van der Waals surface area contributed by atoms with Gasteiger partial charge in [-0.25, -0.2) is 4.79 Å². The zero-order valence-electron chi connectivity index (χ0n) is 17.0. The first-order valence-electron chi connectivity index (χ1n) is 10.1. The van der Waals surface area contributed by atoms with Gasteiger partial charge >= 0.3 is 11.9 Å². The van der Waals surface area contributed by atoms with E-state index in [0.29, 0.717) is 18.3 Å². The molecule has 0 aliphatic heterocycles. The lowest BCUT2D eigenvalue weighted by atomic mass is 9.86. The lowest BCUT2D eigenvalue weighted by Crippen LogP contribution is -2.24. The number of furan rings is 1. The van der Waals surface area contributed by atoms with Crippen molar-refractivity contribution in [3.63, 3.8) is 0 Å². The molecule has 0 saturated heterocycles. The molecule has 3 atom stereocenters. The van der Waals surface area contributed by atoms with Crippen LogP contribution < -0.4 is 5.32 Å². The number of hydrogen-bond acceptors (Lipinski definition) is 7. The quantitative estimate of drug-likeness (QED) is 0.522. The number of Topliss-reactive ketones (excluding diaryl/α,β-unsaturated/α-hetero) is 1. The van der Waals surface area contributed by atoms with Gasteiger partial charge in [0, 0.05) is 6.42 Å². The average molecular weight is 405 g/mol. The molecule has 0 aromatic carbocycles. The number of ketones is 1. The van der Waals surface area contributed by atoms with Gasteiger partial charge in [-0.15, -0.1) is 0 Å². The third-order valence-corrected chi connectivity index (χ3v) is 5.85. The molecule has 2 aliphatic rings. The van der Waals surface area contributed by atoms with Gasteiger partial charge < -0.3 is 13.9 Å². The van der Waals surface area contributed by atoms with Gasteiger partial charge in [-0.3, -0.25) is 19.7 Å². The van der Waals surface area contributed by atoms with Gasteiger partial charge in [-0.1, -0.05) is 6.42 Å². The van der Waals surface area contributed by atoms with E-state index in [1.165, 1.54) is 33.1 Å². The average Bonchev–Trinajstić information content (AvgIpc) is 3.34. The summed E-state index contributed by atoms with van der Waals surface area (Å²) in [5.74, 6) is -0.492. The molecule has 1 heterocycles. The Morgan fingerprint density at radius 3 is 2.45 bits per heavy atom. The second-order valence-corrected chi connectivity index (χ2v) is 7.86. The molecule has 2 bridgehead atoms. The number of anilines is 1. The van der Waals surface area contributed by atoms with Crippen LogP contribution in [0.15, 0.2) is 4.42 Å². The Hall–Kier alpha value is -2.64. The van der Waals surface area contributed by atoms with Gasteiger partial charge in [-0.05, 0) is 57.8 Å². The van der Waals surface area contributed by atoms with Crippen LogP contribution in [0.4, 0.5) is 5.88 Å².